The zero-order valence-electron chi connectivity index (χ0n) is 11.5. The van der Waals surface area contributed by atoms with Gasteiger partial charge in [-0.15, -0.1) is 24.8 Å². The number of carbonyl (C=O) groups is 1. The summed E-state index contributed by atoms with van der Waals surface area (Å²) in [4.78, 5) is 13.5. The lowest BCUT2D eigenvalue weighted by atomic mass is 10.1. The van der Waals surface area contributed by atoms with Crippen molar-refractivity contribution in [3.05, 3.63) is 35.9 Å². The largest absolute Gasteiger partial charge is 0.353 e. The SMILES string of the molecule is C[C@H](N)C(=O)NCC(c1ccccc1)N(C)C.Cl.Cl. The summed E-state index contributed by atoms with van der Waals surface area (Å²) in [5.41, 5.74) is 6.69. The maximum atomic E-state index is 11.4. The van der Waals surface area contributed by atoms with Crippen LogP contribution in [0.2, 0.25) is 0 Å². The van der Waals surface area contributed by atoms with Crippen LogP contribution in [0.1, 0.15) is 18.5 Å². The summed E-state index contributed by atoms with van der Waals surface area (Å²) in [6.45, 7) is 2.25. The van der Waals surface area contributed by atoms with Gasteiger partial charge < -0.3 is 16.0 Å². The molecule has 0 heterocycles. The normalized spacial score (nSPS) is 12.9. The first kappa shape index (κ1) is 20.5. The van der Waals surface area contributed by atoms with E-state index in [2.05, 4.69) is 22.3 Å². The van der Waals surface area contributed by atoms with Gasteiger partial charge in [0.15, 0.2) is 0 Å². The van der Waals surface area contributed by atoms with Crippen LogP contribution >= 0.6 is 24.8 Å². The first-order valence-electron chi connectivity index (χ1n) is 5.77. The number of hydrogen-bond donors (Lipinski definition) is 2. The van der Waals surface area contributed by atoms with Crippen molar-refractivity contribution in [1.82, 2.24) is 10.2 Å². The standard InChI is InChI=1S/C13H21N3O.2ClH/c1-10(14)13(17)15-9-12(16(2)3)11-7-5-4-6-8-11;;/h4-8,10,12H,9,14H2,1-3H3,(H,15,17);2*1H/t10-,12?;;/m0../s1. The maximum absolute atomic E-state index is 11.4. The minimum absolute atomic E-state index is 0. The van der Waals surface area contributed by atoms with Crippen molar-refractivity contribution in [3.8, 4) is 0 Å². The number of amides is 1. The summed E-state index contributed by atoms with van der Waals surface area (Å²) in [5, 5.41) is 2.86. The molecule has 1 aromatic carbocycles. The molecular weight excluding hydrogens is 285 g/mol. The summed E-state index contributed by atoms with van der Waals surface area (Å²) >= 11 is 0. The van der Waals surface area contributed by atoms with E-state index in [0.29, 0.717) is 6.54 Å². The third-order valence-electron chi connectivity index (χ3n) is 2.69. The van der Waals surface area contributed by atoms with E-state index in [1.165, 1.54) is 5.56 Å². The van der Waals surface area contributed by atoms with Gasteiger partial charge >= 0.3 is 0 Å². The highest BCUT2D eigenvalue weighted by atomic mass is 35.5. The summed E-state index contributed by atoms with van der Waals surface area (Å²) in [6.07, 6.45) is 0. The molecule has 6 heteroatoms. The van der Waals surface area contributed by atoms with Gasteiger partial charge in [0.05, 0.1) is 12.1 Å². The van der Waals surface area contributed by atoms with Crippen LogP contribution < -0.4 is 11.1 Å². The van der Waals surface area contributed by atoms with Crippen LogP contribution in [-0.4, -0.2) is 37.5 Å². The van der Waals surface area contributed by atoms with E-state index in [-0.39, 0.29) is 36.8 Å². The van der Waals surface area contributed by atoms with E-state index in [1.807, 2.05) is 32.3 Å². The van der Waals surface area contributed by atoms with Crippen molar-refractivity contribution >= 4 is 30.7 Å². The number of nitrogens with two attached hydrogens (primary N) is 1. The summed E-state index contributed by atoms with van der Waals surface area (Å²) in [7, 11) is 3.99. The number of nitrogens with zero attached hydrogens (tertiary/aromatic N) is 1. The van der Waals surface area contributed by atoms with Crippen LogP contribution in [0.5, 0.6) is 0 Å². The molecular formula is C13H23Cl2N3O. The average Bonchev–Trinajstić information content (AvgIpc) is 2.29. The van der Waals surface area contributed by atoms with E-state index < -0.39 is 6.04 Å². The van der Waals surface area contributed by atoms with Gasteiger partial charge in [0.2, 0.25) is 5.91 Å². The lowest BCUT2D eigenvalue weighted by Crippen LogP contribution is -2.42. The summed E-state index contributed by atoms with van der Waals surface area (Å²) in [5.74, 6) is -0.118. The molecule has 1 aromatic rings. The van der Waals surface area contributed by atoms with Gasteiger partial charge in [0, 0.05) is 6.54 Å². The van der Waals surface area contributed by atoms with Crippen molar-refractivity contribution < 1.29 is 4.79 Å². The van der Waals surface area contributed by atoms with Crippen LogP contribution in [0.25, 0.3) is 0 Å². The molecule has 0 aromatic heterocycles. The monoisotopic (exact) mass is 307 g/mol. The molecule has 0 saturated carbocycles. The Hall–Kier alpha value is -0.810. The minimum atomic E-state index is -0.464. The molecule has 110 valence electrons. The molecule has 2 atom stereocenters. The highest BCUT2D eigenvalue weighted by Gasteiger charge is 2.15. The minimum Gasteiger partial charge on any atom is -0.353 e. The molecule has 19 heavy (non-hydrogen) atoms. The highest BCUT2D eigenvalue weighted by molar-refractivity contribution is 5.85. The molecule has 0 saturated heterocycles. The highest BCUT2D eigenvalue weighted by Crippen LogP contribution is 2.16. The number of benzene rings is 1. The van der Waals surface area contributed by atoms with E-state index in [1.54, 1.807) is 6.92 Å². The van der Waals surface area contributed by atoms with Crippen LogP contribution in [0.15, 0.2) is 30.3 Å². The zero-order chi connectivity index (χ0) is 12.8. The van der Waals surface area contributed by atoms with Gasteiger partial charge in [-0.25, -0.2) is 0 Å². The van der Waals surface area contributed by atoms with Gasteiger partial charge in [-0.2, -0.15) is 0 Å². The third-order valence-corrected chi connectivity index (χ3v) is 2.69. The first-order chi connectivity index (χ1) is 8.02. The second-order valence-electron chi connectivity index (χ2n) is 4.42. The maximum Gasteiger partial charge on any atom is 0.236 e. The zero-order valence-corrected chi connectivity index (χ0v) is 13.1. The Morgan fingerprint density at radius 1 is 1.26 bits per heavy atom. The second-order valence-corrected chi connectivity index (χ2v) is 4.42. The number of carbonyl (C=O) groups excluding carboxylic acids is 1. The second kappa shape index (κ2) is 10.0. The van der Waals surface area contributed by atoms with Crippen LogP contribution in [-0.2, 0) is 4.79 Å². The Morgan fingerprint density at radius 2 is 1.79 bits per heavy atom. The van der Waals surface area contributed by atoms with Gasteiger partial charge in [0.1, 0.15) is 0 Å². The lowest BCUT2D eigenvalue weighted by molar-refractivity contribution is -0.122. The summed E-state index contributed by atoms with van der Waals surface area (Å²) < 4.78 is 0. The predicted octanol–water partition coefficient (Wildman–Crippen LogP) is 1.60. The Balaban J connectivity index is 0. The fraction of sp³-hybridized carbons (Fsp3) is 0.462. The Kier molecular flexibility index (Phi) is 10.8. The number of nitrogens with one attached hydrogen (secondary N) is 1. The topological polar surface area (TPSA) is 58.4 Å². The van der Waals surface area contributed by atoms with Gasteiger partial charge in [-0.1, -0.05) is 30.3 Å². The summed E-state index contributed by atoms with van der Waals surface area (Å²) in [6, 6.07) is 9.80. The molecule has 3 N–H and O–H groups in total. The van der Waals surface area contributed by atoms with E-state index >= 15 is 0 Å². The molecule has 1 unspecified atom stereocenters. The molecule has 0 aliphatic carbocycles. The van der Waals surface area contributed by atoms with Gasteiger partial charge in [-0.3, -0.25) is 4.79 Å². The average molecular weight is 308 g/mol. The van der Waals surface area contributed by atoms with Crippen molar-refractivity contribution in [1.29, 1.82) is 0 Å². The molecule has 4 nitrogen and oxygen atoms in total. The molecule has 0 spiro atoms. The smallest absolute Gasteiger partial charge is 0.236 e. The Morgan fingerprint density at radius 3 is 2.21 bits per heavy atom. The van der Waals surface area contributed by atoms with Crippen LogP contribution in [0, 0.1) is 0 Å². The quantitative estimate of drug-likeness (QED) is 0.868. The van der Waals surface area contributed by atoms with Crippen molar-refractivity contribution in [2.75, 3.05) is 20.6 Å². The van der Waals surface area contributed by atoms with Crippen molar-refractivity contribution in [2.24, 2.45) is 5.73 Å². The molecule has 0 bridgehead atoms. The Bertz CT molecular complexity index is 358. The molecule has 1 rings (SSSR count). The fourth-order valence-electron chi connectivity index (χ4n) is 1.63. The van der Waals surface area contributed by atoms with Crippen LogP contribution in [0.4, 0.5) is 0 Å². The predicted molar refractivity (Wildman–Crippen MR) is 84.0 cm³/mol. The number of halogens is 2. The lowest BCUT2D eigenvalue weighted by Gasteiger charge is -2.25. The number of rotatable bonds is 5. The number of hydrogen-bond acceptors (Lipinski definition) is 3. The molecule has 0 aliphatic heterocycles. The molecule has 0 radical (unpaired) electrons. The van der Waals surface area contributed by atoms with Crippen molar-refractivity contribution in [2.45, 2.75) is 19.0 Å². The van der Waals surface area contributed by atoms with E-state index in [0.717, 1.165) is 0 Å². The molecule has 0 aliphatic rings. The third kappa shape index (κ3) is 6.78. The van der Waals surface area contributed by atoms with Crippen molar-refractivity contribution in [3.63, 3.8) is 0 Å². The first-order valence-corrected chi connectivity index (χ1v) is 5.77. The van der Waals surface area contributed by atoms with Gasteiger partial charge in [-0.05, 0) is 26.6 Å². The fourth-order valence-corrected chi connectivity index (χ4v) is 1.63. The van der Waals surface area contributed by atoms with E-state index in [9.17, 15) is 4.79 Å². The molecule has 0 fully saturated rings. The van der Waals surface area contributed by atoms with Gasteiger partial charge in [0.25, 0.3) is 0 Å². The Labute approximate surface area is 127 Å². The van der Waals surface area contributed by atoms with E-state index in [4.69, 9.17) is 5.73 Å². The van der Waals surface area contributed by atoms with Crippen LogP contribution in [0.3, 0.4) is 0 Å². The molecule has 1 amide bonds. The number of likely N-dealkylation sites (N-methyl/N-ethyl adjacent to an activating group) is 1.